The second kappa shape index (κ2) is 6.15. The average molecular weight is 302 g/mol. The summed E-state index contributed by atoms with van der Waals surface area (Å²) >= 11 is 1.62. The molecule has 0 heterocycles. The summed E-state index contributed by atoms with van der Waals surface area (Å²) in [5, 5.41) is 0. The van der Waals surface area contributed by atoms with Gasteiger partial charge in [0.2, 0.25) is 10.0 Å². The molecule has 1 unspecified atom stereocenters. The minimum atomic E-state index is -3.55. The van der Waals surface area contributed by atoms with Gasteiger partial charge in [-0.1, -0.05) is 12.1 Å². The van der Waals surface area contributed by atoms with Crippen molar-refractivity contribution < 1.29 is 8.42 Å². The molecule has 0 radical (unpaired) electrons. The van der Waals surface area contributed by atoms with E-state index in [9.17, 15) is 8.42 Å². The lowest BCUT2D eigenvalue weighted by Crippen LogP contribution is -2.37. The summed E-state index contributed by atoms with van der Waals surface area (Å²) in [5.74, 6) is 0.750. The minimum absolute atomic E-state index is 0.0701. The minimum Gasteiger partial charge on any atom is -0.397 e. The first kappa shape index (κ1) is 16.3. The Labute approximate surface area is 120 Å². The molecule has 0 saturated carbocycles. The van der Waals surface area contributed by atoms with Crippen molar-refractivity contribution >= 4 is 27.5 Å². The Balaban J connectivity index is 3.32. The van der Waals surface area contributed by atoms with Gasteiger partial charge in [0.1, 0.15) is 4.90 Å². The molecule has 0 bridgehead atoms. The zero-order chi connectivity index (χ0) is 14.8. The molecule has 0 saturated heterocycles. The Hall–Kier alpha value is -0.720. The van der Waals surface area contributed by atoms with Gasteiger partial charge in [-0.05, 0) is 38.2 Å². The van der Waals surface area contributed by atoms with Crippen molar-refractivity contribution in [1.82, 2.24) is 4.31 Å². The number of hydrogen-bond acceptors (Lipinski definition) is 4. The largest absolute Gasteiger partial charge is 0.397 e. The fraction of sp³-hybridized carbons (Fsp3) is 0.538. The Morgan fingerprint density at radius 2 is 1.84 bits per heavy atom. The van der Waals surface area contributed by atoms with E-state index in [1.54, 1.807) is 31.8 Å². The highest BCUT2D eigenvalue weighted by atomic mass is 32.2. The van der Waals surface area contributed by atoms with Gasteiger partial charge in [-0.3, -0.25) is 0 Å². The van der Waals surface area contributed by atoms with Crippen LogP contribution in [0, 0.1) is 13.8 Å². The van der Waals surface area contributed by atoms with E-state index < -0.39 is 10.0 Å². The van der Waals surface area contributed by atoms with Crippen LogP contribution in [0.25, 0.3) is 0 Å². The highest BCUT2D eigenvalue weighted by Gasteiger charge is 2.29. The molecule has 0 spiro atoms. The Morgan fingerprint density at radius 3 is 2.37 bits per heavy atom. The molecular weight excluding hydrogens is 280 g/mol. The molecule has 0 aliphatic carbocycles. The summed E-state index contributed by atoms with van der Waals surface area (Å²) < 4.78 is 26.8. The molecule has 0 aliphatic rings. The predicted octanol–water partition coefficient (Wildman–Crippen LogP) is 2.26. The Morgan fingerprint density at radius 1 is 1.32 bits per heavy atom. The lowest BCUT2D eigenvalue weighted by molar-refractivity contribution is 0.415. The average Bonchev–Trinajstić information content (AvgIpc) is 2.33. The summed E-state index contributed by atoms with van der Waals surface area (Å²) in [4.78, 5) is 0.239. The van der Waals surface area contributed by atoms with Gasteiger partial charge in [0, 0.05) is 18.8 Å². The van der Waals surface area contributed by atoms with Crippen LogP contribution in [-0.4, -0.2) is 37.8 Å². The van der Waals surface area contributed by atoms with E-state index in [0.717, 1.165) is 11.3 Å². The molecule has 6 heteroatoms. The molecule has 0 aromatic heterocycles. The summed E-state index contributed by atoms with van der Waals surface area (Å²) in [6, 6.07) is 3.57. The molecule has 1 atom stereocenters. The third-order valence-corrected chi connectivity index (χ3v) is 6.27. The van der Waals surface area contributed by atoms with Gasteiger partial charge in [0.05, 0.1) is 5.69 Å². The highest BCUT2D eigenvalue weighted by Crippen LogP contribution is 2.29. The zero-order valence-electron chi connectivity index (χ0n) is 12.1. The molecule has 1 aromatic carbocycles. The van der Waals surface area contributed by atoms with Gasteiger partial charge in [0.15, 0.2) is 0 Å². The molecule has 2 N–H and O–H groups in total. The first-order valence-electron chi connectivity index (χ1n) is 6.06. The van der Waals surface area contributed by atoms with Gasteiger partial charge >= 0.3 is 0 Å². The first-order valence-corrected chi connectivity index (χ1v) is 8.89. The summed E-state index contributed by atoms with van der Waals surface area (Å²) in [5.41, 5.74) is 7.79. The third kappa shape index (κ3) is 3.24. The molecule has 0 amide bonds. The fourth-order valence-electron chi connectivity index (χ4n) is 1.88. The SMILES string of the molecule is CSCC(C)N(C)S(=O)(=O)c1c(C)ccc(C)c1N. The van der Waals surface area contributed by atoms with Crippen molar-refractivity contribution in [3.05, 3.63) is 23.3 Å². The van der Waals surface area contributed by atoms with Crippen LogP contribution in [0.15, 0.2) is 17.0 Å². The van der Waals surface area contributed by atoms with Crippen molar-refractivity contribution in [1.29, 1.82) is 0 Å². The van der Waals surface area contributed by atoms with Gasteiger partial charge in [0.25, 0.3) is 0 Å². The van der Waals surface area contributed by atoms with Crippen molar-refractivity contribution in [3.8, 4) is 0 Å². The highest BCUT2D eigenvalue weighted by molar-refractivity contribution is 7.98. The standard InChI is InChI=1S/C13H22N2O2S2/c1-9-6-7-10(2)13(12(9)14)19(16,17)15(4)11(3)8-18-5/h6-7,11H,8,14H2,1-5H3. The number of sulfonamides is 1. The van der Waals surface area contributed by atoms with Crippen LogP contribution in [0.2, 0.25) is 0 Å². The van der Waals surface area contributed by atoms with Crippen LogP contribution >= 0.6 is 11.8 Å². The van der Waals surface area contributed by atoms with E-state index in [1.165, 1.54) is 4.31 Å². The quantitative estimate of drug-likeness (QED) is 0.847. The third-order valence-electron chi connectivity index (χ3n) is 3.28. The van der Waals surface area contributed by atoms with Gasteiger partial charge < -0.3 is 5.73 Å². The monoisotopic (exact) mass is 302 g/mol. The van der Waals surface area contributed by atoms with Gasteiger partial charge in [-0.25, -0.2) is 8.42 Å². The molecular formula is C13H22N2O2S2. The summed E-state index contributed by atoms with van der Waals surface area (Å²) in [6.45, 7) is 5.49. The van der Waals surface area contributed by atoms with Crippen LogP contribution < -0.4 is 5.73 Å². The number of hydrogen-bond donors (Lipinski definition) is 1. The number of nitrogen functional groups attached to an aromatic ring is 1. The van der Waals surface area contributed by atoms with E-state index >= 15 is 0 Å². The van der Waals surface area contributed by atoms with Crippen LogP contribution in [0.4, 0.5) is 5.69 Å². The summed E-state index contributed by atoms with van der Waals surface area (Å²) in [7, 11) is -1.94. The number of thioether (sulfide) groups is 1. The van der Waals surface area contributed by atoms with Crippen molar-refractivity contribution in [2.24, 2.45) is 0 Å². The molecule has 1 aromatic rings. The van der Waals surface area contributed by atoms with Crippen molar-refractivity contribution in [3.63, 3.8) is 0 Å². The van der Waals surface area contributed by atoms with Gasteiger partial charge in [-0.15, -0.1) is 0 Å². The van der Waals surface area contributed by atoms with Gasteiger partial charge in [-0.2, -0.15) is 16.1 Å². The van der Waals surface area contributed by atoms with Crippen molar-refractivity contribution in [2.75, 3.05) is 24.8 Å². The lowest BCUT2D eigenvalue weighted by Gasteiger charge is -2.25. The normalized spacial score (nSPS) is 13.8. The molecule has 4 nitrogen and oxygen atoms in total. The van der Waals surface area contributed by atoms with E-state index in [4.69, 9.17) is 5.73 Å². The maximum Gasteiger partial charge on any atom is 0.245 e. The summed E-state index contributed by atoms with van der Waals surface area (Å²) in [6.07, 6.45) is 1.96. The topological polar surface area (TPSA) is 63.4 Å². The van der Waals surface area contributed by atoms with E-state index in [2.05, 4.69) is 0 Å². The maximum atomic E-state index is 12.7. The molecule has 19 heavy (non-hydrogen) atoms. The smallest absolute Gasteiger partial charge is 0.245 e. The number of aryl methyl sites for hydroxylation is 2. The number of nitrogens with zero attached hydrogens (tertiary/aromatic N) is 1. The van der Waals surface area contributed by atoms with Crippen LogP contribution in [0.3, 0.4) is 0 Å². The fourth-order valence-corrected chi connectivity index (χ4v) is 4.43. The second-order valence-corrected chi connectivity index (χ2v) is 7.61. The van der Waals surface area contributed by atoms with Crippen molar-refractivity contribution in [2.45, 2.75) is 31.7 Å². The maximum absolute atomic E-state index is 12.7. The van der Waals surface area contributed by atoms with Crippen LogP contribution in [-0.2, 0) is 10.0 Å². The molecule has 0 fully saturated rings. The Kier molecular flexibility index (Phi) is 5.29. The number of nitrogens with two attached hydrogens (primary N) is 1. The molecule has 0 aliphatic heterocycles. The lowest BCUT2D eigenvalue weighted by atomic mass is 10.1. The molecule has 108 valence electrons. The zero-order valence-corrected chi connectivity index (χ0v) is 13.7. The van der Waals surface area contributed by atoms with Crippen LogP contribution in [0.1, 0.15) is 18.1 Å². The first-order chi connectivity index (χ1) is 8.73. The van der Waals surface area contributed by atoms with E-state index in [1.807, 2.05) is 26.2 Å². The second-order valence-electron chi connectivity index (χ2n) is 4.77. The van der Waals surface area contributed by atoms with E-state index in [-0.39, 0.29) is 10.9 Å². The van der Waals surface area contributed by atoms with Crippen LogP contribution in [0.5, 0.6) is 0 Å². The van der Waals surface area contributed by atoms with E-state index in [0.29, 0.717) is 11.3 Å². The number of anilines is 1. The molecule has 1 rings (SSSR count). The predicted molar refractivity (Wildman–Crippen MR) is 83.1 cm³/mol. The Bertz CT molecular complexity index is 556. The number of benzene rings is 1. The number of rotatable bonds is 5.